The van der Waals surface area contributed by atoms with Gasteiger partial charge in [-0.25, -0.2) is 0 Å². The van der Waals surface area contributed by atoms with E-state index in [0.717, 1.165) is 25.7 Å². The summed E-state index contributed by atoms with van der Waals surface area (Å²) in [6.45, 7) is 3.57. The third kappa shape index (κ3) is 7.68. The van der Waals surface area contributed by atoms with Crippen molar-refractivity contribution in [2.45, 2.75) is 70.3 Å². The molecule has 5 heteroatoms. The highest BCUT2D eigenvalue weighted by Crippen LogP contribution is 2.19. The average Bonchev–Trinajstić information content (AvgIpc) is 2.88. The Kier molecular flexibility index (Phi) is 10.4. The van der Waals surface area contributed by atoms with Crippen LogP contribution in [-0.2, 0) is 4.74 Å². The SMILES string of the molecule is I.NC(=NCCOC1CCCCCC1)N1CCCCCC1. The van der Waals surface area contributed by atoms with E-state index >= 15 is 0 Å². The van der Waals surface area contributed by atoms with Gasteiger partial charge in [-0.15, -0.1) is 24.0 Å². The van der Waals surface area contributed by atoms with Gasteiger partial charge in [0, 0.05) is 13.1 Å². The molecule has 0 bridgehead atoms. The second-order valence-corrected chi connectivity index (χ2v) is 6.13. The lowest BCUT2D eigenvalue weighted by Crippen LogP contribution is -2.38. The topological polar surface area (TPSA) is 50.9 Å². The maximum absolute atomic E-state index is 6.08. The average molecular weight is 409 g/mol. The Morgan fingerprint density at radius 2 is 1.52 bits per heavy atom. The standard InChI is InChI=1S/C16H31N3O.HI/c17-16(19-12-7-3-4-8-13-19)18-11-14-20-15-9-5-1-2-6-10-15;/h15H,1-14H2,(H2,17,18);1H. The summed E-state index contributed by atoms with van der Waals surface area (Å²) >= 11 is 0. The Bertz CT molecular complexity index is 283. The Balaban J connectivity index is 0.00000220. The first kappa shape index (κ1) is 19.0. The monoisotopic (exact) mass is 409 g/mol. The highest BCUT2D eigenvalue weighted by atomic mass is 127. The van der Waals surface area contributed by atoms with Crippen molar-refractivity contribution in [3.8, 4) is 0 Å². The second kappa shape index (κ2) is 11.5. The zero-order valence-corrected chi connectivity index (χ0v) is 15.6. The number of hydrogen-bond acceptors (Lipinski definition) is 2. The number of halogens is 1. The van der Waals surface area contributed by atoms with E-state index in [1.165, 1.54) is 64.2 Å². The molecule has 21 heavy (non-hydrogen) atoms. The van der Waals surface area contributed by atoms with Crippen molar-refractivity contribution in [2.75, 3.05) is 26.2 Å². The molecule has 1 heterocycles. The van der Waals surface area contributed by atoms with Crippen molar-refractivity contribution < 1.29 is 4.74 Å². The van der Waals surface area contributed by atoms with Crippen LogP contribution in [0.25, 0.3) is 0 Å². The molecule has 0 spiro atoms. The summed E-state index contributed by atoms with van der Waals surface area (Å²) in [6.07, 6.45) is 13.5. The zero-order chi connectivity index (χ0) is 14.0. The number of nitrogens with two attached hydrogens (primary N) is 1. The summed E-state index contributed by atoms with van der Waals surface area (Å²) in [5.74, 6) is 0.719. The van der Waals surface area contributed by atoms with E-state index in [9.17, 15) is 0 Å². The van der Waals surface area contributed by atoms with Gasteiger partial charge < -0.3 is 15.4 Å². The van der Waals surface area contributed by atoms with Gasteiger partial charge in [-0.05, 0) is 25.7 Å². The lowest BCUT2D eigenvalue weighted by molar-refractivity contribution is 0.0486. The number of nitrogens with zero attached hydrogens (tertiary/aromatic N) is 2. The van der Waals surface area contributed by atoms with E-state index < -0.39 is 0 Å². The Labute approximate surface area is 146 Å². The maximum Gasteiger partial charge on any atom is 0.191 e. The fourth-order valence-corrected chi connectivity index (χ4v) is 3.19. The third-order valence-corrected chi connectivity index (χ3v) is 4.45. The molecule has 0 amide bonds. The third-order valence-electron chi connectivity index (χ3n) is 4.45. The highest BCUT2D eigenvalue weighted by molar-refractivity contribution is 14.0. The maximum atomic E-state index is 6.08. The molecular weight excluding hydrogens is 377 g/mol. The Hall–Kier alpha value is -0.0400. The summed E-state index contributed by atoms with van der Waals surface area (Å²) in [6, 6.07) is 0. The molecule has 2 aliphatic rings. The van der Waals surface area contributed by atoms with Crippen LogP contribution >= 0.6 is 24.0 Å². The lowest BCUT2D eigenvalue weighted by Gasteiger charge is -2.21. The van der Waals surface area contributed by atoms with E-state index in [4.69, 9.17) is 10.5 Å². The minimum atomic E-state index is 0. The molecule has 0 unspecified atom stereocenters. The molecule has 1 saturated carbocycles. The van der Waals surface area contributed by atoms with E-state index in [0.29, 0.717) is 12.6 Å². The molecular formula is C16H32IN3O. The molecule has 0 aromatic heterocycles. The number of hydrogen-bond donors (Lipinski definition) is 1. The van der Waals surface area contributed by atoms with Crippen LogP contribution in [0.5, 0.6) is 0 Å². The van der Waals surface area contributed by atoms with Crippen LogP contribution < -0.4 is 5.73 Å². The minimum Gasteiger partial charge on any atom is -0.376 e. The van der Waals surface area contributed by atoms with Gasteiger partial charge in [0.15, 0.2) is 5.96 Å². The first-order valence-corrected chi connectivity index (χ1v) is 8.53. The van der Waals surface area contributed by atoms with Crippen molar-refractivity contribution in [1.82, 2.24) is 4.90 Å². The van der Waals surface area contributed by atoms with Gasteiger partial charge in [0.1, 0.15) is 0 Å². The predicted octanol–water partition coefficient (Wildman–Crippen LogP) is 3.53. The summed E-state index contributed by atoms with van der Waals surface area (Å²) in [5, 5.41) is 0. The van der Waals surface area contributed by atoms with Crippen LogP contribution in [0.4, 0.5) is 0 Å². The number of guanidine groups is 1. The highest BCUT2D eigenvalue weighted by Gasteiger charge is 2.13. The normalized spacial score (nSPS) is 22.3. The number of rotatable bonds is 4. The summed E-state index contributed by atoms with van der Waals surface area (Å²) in [4.78, 5) is 6.73. The van der Waals surface area contributed by atoms with Gasteiger partial charge in [-0.1, -0.05) is 38.5 Å². The molecule has 0 atom stereocenters. The smallest absolute Gasteiger partial charge is 0.191 e. The van der Waals surface area contributed by atoms with Crippen LogP contribution in [-0.4, -0.2) is 43.2 Å². The summed E-state index contributed by atoms with van der Waals surface area (Å²) in [7, 11) is 0. The van der Waals surface area contributed by atoms with Gasteiger partial charge in [0.25, 0.3) is 0 Å². The molecule has 0 radical (unpaired) electrons. The van der Waals surface area contributed by atoms with Crippen LogP contribution in [0.2, 0.25) is 0 Å². The second-order valence-electron chi connectivity index (χ2n) is 6.13. The van der Waals surface area contributed by atoms with Crippen LogP contribution in [0, 0.1) is 0 Å². The molecule has 1 saturated heterocycles. The summed E-state index contributed by atoms with van der Waals surface area (Å²) < 4.78 is 5.94. The largest absolute Gasteiger partial charge is 0.376 e. The first-order valence-electron chi connectivity index (χ1n) is 8.53. The van der Waals surface area contributed by atoms with Gasteiger partial charge >= 0.3 is 0 Å². The molecule has 4 nitrogen and oxygen atoms in total. The van der Waals surface area contributed by atoms with E-state index in [1.54, 1.807) is 0 Å². The number of aliphatic imine (C=N–C) groups is 1. The van der Waals surface area contributed by atoms with Crippen molar-refractivity contribution in [3.63, 3.8) is 0 Å². The van der Waals surface area contributed by atoms with Crippen molar-refractivity contribution in [1.29, 1.82) is 0 Å². The molecule has 124 valence electrons. The van der Waals surface area contributed by atoms with Gasteiger partial charge in [-0.2, -0.15) is 0 Å². The molecule has 0 aromatic carbocycles. The van der Waals surface area contributed by atoms with Crippen molar-refractivity contribution in [2.24, 2.45) is 10.7 Å². The summed E-state index contributed by atoms with van der Waals surface area (Å²) in [5.41, 5.74) is 6.08. The van der Waals surface area contributed by atoms with E-state index in [2.05, 4.69) is 9.89 Å². The minimum absolute atomic E-state index is 0. The predicted molar refractivity (Wildman–Crippen MR) is 99.4 cm³/mol. The quantitative estimate of drug-likeness (QED) is 0.254. The van der Waals surface area contributed by atoms with Crippen LogP contribution in [0.15, 0.2) is 4.99 Å². The van der Waals surface area contributed by atoms with Crippen molar-refractivity contribution >= 4 is 29.9 Å². The molecule has 2 rings (SSSR count). The lowest BCUT2D eigenvalue weighted by atomic mass is 10.1. The van der Waals surface area contributed by atoms with Gasteiger partial charge in [0.05, 0.1) is 19.3 Å². The van der Waals surface area contributed by atoms with Gasteiger partial charge in [-0.3, -0.25) is 4.99 Å². The Morgan fingerprint density at radius 1 is 0.952 bits per heavy atom. The van der Waals surface area contributed by atoms with E-state index in [-0.39, 0.29) is 24.0 Å². The number of likely N-dealkylation sites (tertiary alicyclic amines) is 1. The molecule has 2 N–H and O–H groups in total. The fraction of sp³-hybridized carbons (Fsp3) is 0.938. The molecule has 1 aliphatic heterocycles. The van der Waals surface area contributed by atoms with Gasteiger partial charge in [0.2, 0.25) is 0 Å². The molecule has 2 fully saturated rings. The molecule has 0 aromatic rings. The zero-order valence-electron chi connectivity index (χ0n) is 13.3. The molecule has 1 aliphatic carbocycles. The number of ether oxygens (including phenoxy) is 1. The van der Waals surface area contributed by atoms with Crippen LogP contribution in [0.3, 0.4) is 0 Å². The van der Waals surface area contributed by atoms with Crippen molar-refractivity contribution in [3.05, 3.63) is 0 Å². The fourth-order valence-electron chi connectivity index (χ4n) is 3.19. The van der Waals surface area contributed by atoms with E-state index in [1.807, 2.05) is 0 Å². The Morgan fingerprint density at radius 3 is 2.14 bits per heavy atom. The first-order chi connectivity index (χ1) is 9.86. The van der Waals surface area contributed by atoms with Crippen LogP contribution in [0.1, 0.15) is 64.2 Å².